The van der Waals surface area contributed by atoms with E-state index in [0.717, 1.165) is 32.2 Å². The maximum atomic E-state index is 6.02. The first-order valence-electron chi connectivity index (χ1n) is 7.14. The second-order valence-electron chi connectivity index (χ2n) is 5.01. The Morgan fingerprint density at radius 2 is 2.12 bits per heavy atom. The SMILES string of the molecule is CCC(CC)C1OCCCC1CNCCOC. The van der Waals surface area contributed by atoms with E-state index in [1.807, 2.05) is 0 Å². The van der Waals surface area contributed by atoms with Crippen LogP contribution in [-0.4, -0.2) is 39.5 Å². The Labute approximate surface area is 106 Å². The number of nitrogens with one attached hydrogen (secondary N) is 1. The number of hydrogen-bond acceptors (Lipinski definition) is 3. The highest BCUT2D eigenvalue weighted by Crippen LogP contribution is 2.29. The van der Waals surface area contributed by atoms with Crippen LogP contribution in [0.15, 0.2) is 0 Å². The molecule has 0 amide bonds. The maximum absolute atomic E-state index is 6.02. The standard InChI is InChI=1S/C14H29NO2/c1-4-12(5-2)14-13(7-6-9-17-14)11-15-8-10-16-3/h12-15H,4-11H2,1-3H3. The van der Waals surface area contributed by atoms with E-state index in [0.29, 0.717) is 12.0 Å². The number of methoxy groups -OCH3 is 1. The molecule has 1 saturated heterocycles. The van der Waals surface area contributed by atoms with Gasteiger partial charge in [-0.2, -0.15) is 0 Å². The van der Waals surface area contributed by atoms with Gasteiger partial charge < -0.3 is 14.8 Å². The van der Waals surface area contributed by atoms with E-state index >= 15 is 0 Å². The summed E-state index contributed by atoms with van der Waals surface area (Å²) in [5.74, 6) is 1.41. The van der Waals surface area contributed by atoms with Crippen molar-refractivity contribution in [2.45, 2.75) is 45.6 Å². The van der Waals surface area contributed by atoms with Gasteiger partial charge in [-0.05, 0) is 24.7 Å². The summed E-state index contributed by atoms with van der Waals surface area (Å²) in [5.41, 5.74) is 0. The second kappa shape index (κ2) is 8.90. The van der Waals surface area contributed by atoms with Gasteiger partial charge >= 0.3 is 0 Å². The summed E-state index contributed by atoms with van der Waals surface area (Å²) in [6.45, 7) is 8.33. The van der Waals surface area contributed by atoms with Gasteiger partial charge in [0.15, 0.2) is 0 Å². The Kier molecular flexibility index (Phi) is 7.82. The summed E-state index contributed by atoms with van der Waals surface area (Å²) in [4.78, 5) is 0. The van der Waals surface area contributed by atoms with Crippen molar-refractivity contribution in [3.63, 3.8) is 0 Å². The van der Waals surface area contributed by atoms with Crippen molar-refractivity contribution in [1.82, 2.24) is 5.32 Å². The molecule has 0 aromatic carbocycles. The van der Waals surface area contributed by atoms with E-state index in [1.54, 1.807) is 7.11 Å². The van der Waals surface area contributed by atoms with Crippen LogP contribution in [0.2, 0.25) is 0 Å². The van der Waals surface area contributed by atoms with Gasteiger partial charge in [0.1, 0.15) is 0 Å². The Hall–Kier alpha value is -0.120. The molecule has 0 aromatic rings. The first-order valence-corrected chi connectivity index (χ1v) is 7.14. The van der Waals surface area contributed by atoms with Crippen LogP contribution in [0.3, 0.4) is 0 Å². The van der Waals surface area contributed by atoms with Crippen LogP contribution in [-0.2, 0) is 9.47 Å². The van der Waals surface area contributed by atoms with Gasteiger partial charge in [-0.1, -0.05) is 26.7 Å². The van der Waals surface area contributed by atoms with Gasteiger partial charge in [0.05, 0.1) is 12.7 Å². The van der Waals surface area contributed by atoms with E-state index in [1.165, 1.54) is 25.7 Å². The monoisotopic (exact) mass is 243 g/mol. The van der Waals surface area contributed by atoms with Gasteiger partial charge in [-0.25, -0.2) is 0 Å². The average molecular weight is 243 g/mol. The summed E-state index contributed by atoms with van der Waals surface area (Å²) >= 11 is 0. The third-order valence-corrected chi connectivity index (χ3v) is 3.90. The zero-order valence-electron chi connectivity index (χ0n) is 11.7. The molecule has 102 valence electrons. The molecule has 3 heteroatoms. The molecule has 2 unspecified atom stereocenters. The van der Waals surface area contributed by atoms with Crippen molar-refractivity contribution < 1.29 is 9.47 Å². The van der Waals surface area contributed by atoms with Gasteiger partial charge in [-0.15, -0.1) is 0 Å². The highest BCUT2D eigenvalue weighted by Gasteiger charge is 2.30. The Balaban J connectivity index is 2.36. The van der Waals surface area contributed by atoms with Gasteiger partial charge in [0.2, 0.25) is 0 Å². The largest absolute Gasteiger partial charge is 0.383 e. The van der Waals surface area contributed by atoms with Crippen molar-refractivity contribution in [3.8, 4) is 0 Å². The molecule has 0 saturated carbocycles. The molecule has 0 bridgehead atoms. The van der Waals surface area contributed by atoms with E-state index in [-0.39, 0.29) is 0 Å². The van der Waals surface area contributed by atoms with Crippen LogP contribution < -0.4 is 5.32 Å². The van der Waals surface area contributed by atoms with Crippen molar-refractivity contribution in [2.24, 2.45) is 11.8 Å². The Morgan fingerprint density at radius 3 is 2.76 bits per heavy atom. The molecular formula is C14H29NO2. The van der Waals surface area contributed by atoms with Crippen LogP contribution in [0.1, 0.15) is 39.5 Å². The molecule has 1 fully saturated rings. The summed E-state index contributed by atoms with van der Waals surface area (Å²) in [5, 5.41) is 3.48. The minimum absolute atomic E-state index is 0.466. The fourth-order valence-electron chi connectivity index (χ4n) is 2.82. The van der Waals surface area contributed by atoms with Gasteiger partial charge in [-0.3, -0.25) is 0 Å². The lowest BCUT2D eigenvalue weighted by atomic mass is 9.83. The van der Waals surface area contributed by atoms with E-state index < -0.39 is 0 Å². The summed E-state index contributed by atoms with van der Waals surface area (Å²) in [6, 6.07) is 0. The lowest BCUT2D eigenvalue weighted by Gasteiger charge is -2.36. The minimum Gasteiger partial charge on any atom is -0.383 e. The predicted molar refractivity (Wildman–Crippen MR) is 71.3 cm³/mol. The minimum atomic E-state index is 0.466. The van der Waals surface area contributed by atoms with E-state index in [2.05, 4.69) is 19.2 Å². The normalized spacial score (nSPS) is 25.4. The molecule has 2 atom stereocenters. The fourth-order valence-corrected chi connectivity index (χ4v) is 2.82. The van der Waals surface area contributed by atoms with Crippen molar-refractivity contribution in [2.75, 3.05) is 33.4 Å². The first-order chi connectivity index (χ1) is 8.33. The summed E-state index contributed by atoms with van der Waals surface area (Å²) in [6.07, 6.45) is 5.45. The Morgan fingerprint density at radius 1 is 1.35 bits per heavy atom. The molecule has 1 aliphatic rings. The van der Waals surface area contributed by atoms with Crippen LogP contribution in [0.4, 0.5) is 0 Å². The van der Waals surface area contributed by atoms with Crippen LogP contribution in [0.25, 0.3) is 0 Å². The zero-order chi connectivity index (χ0) is 12.5. The van der Waals surface area contributed by atoms with E-state index in [9.17, 15) is 0 Å². The topological polar surface area (TPSA) is 30.5 Å². The van der Waals surface area contributed by atoms with Crippen LogP contribution in [0, 0.1) is 11.8 Å². The molecule has 0 aromatic heterocycles. The predicted octanol–water partition coefficient (Wildman–Crippen LogP) is 2.45. The lowest BCUT2D eigenvalue weighted by Crippen LogP contribution is -2.41. The number of rotatable bonds is 8. The quantitative estimate of drug-likeness (QED) is 0.664. The molecule has 1 heterocycles. The molecule has 17 heavy (non-hydrogen) atoms. The van der Waals surface area contributed by atoms with Crippen molar-refractivity contribution >= 4 is 0 Å². The highest BCUT2D eigenvalue weighted by atomic mass is 16.5. The first kappa shape index (κ1) is 14.9. The summed E-state index contributed by atoms with van der Waals surface area (Å²) in [7, 11) is 1.75. The van der Waals surface area contributed by atoms with Crippen LogP contribution >= 0.6 is 0 Å². The molecule has 0 aliphatic carbocycles. The maximum Gasteiger partial charge on any atom is 0.0643 e. The molecule has 0 spiro atoms. The highest BCUT2D eigenvalue weighted by molar-refractivity contribution is 4.81. The average Bonchev–Trinajstić information content (AvgIpc) is 2.38. The third-order valence-electron chi connectivity index (χ3n) is 3.90. The van der Waals surface area contributed by atoms with Crippen molar-refractivity contribution in [1.29, 1.82) is 0 Å². The zero-order valence-corrected chi connectivity index (χ0v) is 11.7. The molecule has 1 N–H and O–H groups in total. The van der Waals surface area contributed by atoms with Gasteiger partial charge in [0.25, 0.3) is 0 Å². The molecule has 0 radical (unpaired) electrons. The van der Waals surface area contributed by atoms with Gasteiger partial charge in [0, 0.05) is 26.8 Å². The lowest BCUT2D eigenvalue weighted by molar-refractivity contribution is -0.0618. The Bertz CT molecular complexity index is 183. The van der Waals surface area contributed by atoms with Crippen molar-refractivity contribution in [3.05, 3.63) is 0 Å². The third kappa shape index (κ3) is 4.94. The van der Waals surface area contributed by atoms with E-state index in [4.69, 9.17) is 9.47 Å². The smallest absolute Gasteiger partial charge is 0.0643 e. The van der Waals surface area contributed by atoms with Crippen LogP contribution in [0.5, 0.6) is 0 Å². The molecule has 3 nitrogen and oxygen atoms in total. The number of hydrogen-bond donors (Lipinski definition) is 1. The molecule has 1 aliphatic heterocycles. The fraction of sp³-hybridized carbons (Fsp3) is 1.00. The molecular weight excluding hydrogens is 214 g/mol. The molecule has 1 rings (SSSR count). The summed E-state index contributed by atoms with van der Waals surface area (Å²) < 4.78 is 11.1. The second-order valence-corrected chi connectivity index (χ2v) is 5.01. The number of ether oxygens (including phenoxy) is 2.